The molecule has 0 saturated carbocycles. The molecule has 0 spiro atoms. The summed E-state index contributed by atoms with van der Waals surface area (Å²) in [5.74, 6) is -0.193. The van der Waals surface area contributed by atoms with Crippen molar-refractivity contribution in [3.63, 3.8) is 0 Å². The van der Waals surface area contributed by atoms with Crippen molar-refractivity contribution in [2.45, 2.75) is 20.1 Å². The lowest BCUT2D eigenvalue weighted by Gasteiger charge is -2.06. The summed E-state index contributed by atoms with van der Waals surface area (Å²) in [5.41, 5.74) is 0.780. The zero-order valence-corrected chi connectivity index (χ0v) is 18.8. The van der Waals surface area contributed by atoms with Gasteiger partial charge in [-0.15, -0.1) is 0 Å². The Morgan fingerprint density at radius 3 is 2.74 bits per heavy atom. The van der Waals surface area contributed by atoms with Gasteiger partial charge in [-0.2, -0.15) is 5.10 Å². The highest BCUT2D eigenvalue weighted by Crippen LogP contribution is 2.28. The van der Waals surface area contributed by atoms with Crippen LogP contribution in [0, 0.1) is 17.0 Å². The molecular formula is C23H21N5O7. The number of furan rings is 2. The number of hydrogen-bond donors (Lipinski definition) is 2. The summed E-state index contributed by atoms with van der Waals surface area (Å²) in [7, 11) is 1.62. The first-order chi connectivity index (χ1) is 16.8. The molecule has 2 N–H and O–H groups in total. The number of nitro benzene ring substituents is 1. The fourth-order valence-electron chi connectivity index (χ4n) is 3.21. The minimum atomic E-state index is -0.606. The van der Waals surface area contributed by atoms with Crippen molar-refractivity contribution in [1.82, 2.24) is 15.1 Å². The lowest BCUT2D eigenvalue weighted by Crippen LogP contribution is -2.25. The van der Waals surface area contributed by atoms with Crippen molar-refractivity contribution in [2.75, 3.05) is 5.32 Å². The summed E-state index contributed by atoms with van der Waals surface area (Å²) >= 11 is 0. The number of aryl methyl sites for hydroxylation is 2. The van der Waals surface area contributed by atoms with E-state index in [1.54, 1.807) is 32.2 Å². The second kappa shape index (κ2) is 9.95. The summed E-state index contributed by atoms with van der Waals surface area (Å²) in [4.78, 5) is 35.9. The average molecular weight is 479 g/mol. The second-order valence-corrected chi connectivity index (χ2v) is 7.56. The highest BCUT2D eigenvalue weighted by Gasteiger charge is 2.21. The van der Waals surface area contributed by atoms with Crippen LogP contribution in [0.4, 0.5) is 11.4 Å². The number of ether oxygens (including phenoxy) is 1. The van der Waals surface area contributed by atoms with Crippen LogP contribution in [0.25, 0.3) is 0 Å². The molecule has 0 saturated heterocycles. The fourth-order valence-corrected chi connectivity index (χ4v) is 3.21. The van der Waals surface area contributed by atoms with Gasteiger partial charge in [0.25, 0.3) is 11.8 Å². The van der Waals surface area contributed by atoms with Crippen molar-refractivity contribution >= 4 is 23.2 Å². The number of hydrogen-bond acceptors (Lipinski definition) is 8. The van der Waals surface area contributed by atoms with Gasteiger partial charge in [-0.3, -0.25) is 24.4 Å². The number of aromatic nitrogens is 2. The first-order valence-electron chi connectivity index (χ1n) is 10.4. The predicted molar refractivity (Wildman–Crippen MR) is 122 cm³/mol. The predicted octanol–water partition coefficient (Wildman–Crippen LogP) is 3.58. The zero-order valence-electron chi connectivity index (χ0n) is 18.8. The van der Waals surface area contributed by atoms with Crippen LogP contribution in [-0.4, -0.2) is 26.5 Å². The van der Waals surface area contributed by atoms with Crippen LogP contribution in [0.15, 0.2) is 63.8 Å². The number of amides is 2. The van der Waals surface area contributed by atoms with Gasteiger partial charge in [0.1, 0.15) is 18.1 Å². The van der Waals surface area contributed by atoms with Gasteiger partial charge < -0.3 is 24.2 Å². The molecule has 12 heteroatoms. The Hall–Kier alpha value is -4.87. The summed E-state index contributed by atoms with van der Waals surface area (Å²) in [5, 5.41) is 20.6. The molecule has 3 heterocycles. The number of anilines is 1. The van der Waals surface area contributed by atoms with Crippen molar-refractivity contribution in [3.8, 4) is 5.75 Å². The van der Waals surface area contributed by atoms with E-state index in [0.717, 1.165) is 5.56 Å². The topological polar surface area (TPSA) is 155 Å². The van der Waals surface area contributed by atoms with E-state index in [0.29, 0.717) is 5.76 Å². The van der Waals surface area contributed by atoms with E-state index in [1.807, 2.05) is 0 Å². The van der Waals surface area contributed by atoms with E-state index in [4.69, 9.17) is 13.6 Å². The van der Waals surface area contributed by atoms with Crippen LogP contribution in [0.3, 0.4) is 0 Å². The number of nitro groups is 1. The Morgan fingerprint density at radius 1 is 1.17 bits per heavy atom. The minimum absolute atomic E-state index is 0.0224. The molecule has 4 rings (SSSR count). The second-order valence-electron chi connectivity index (χ2n) is 7.56. The Morgan fingerprint density at radius 2 is 2.00 bits per heavy atom. The SMILES string of the molecule is Cc1ccc(OCc2ccc(C(=O)Nc3cn(C)nc3C(=O)NCc3ccco3)o2)c([N+](=O)[O-])c1. The molecule has 0 aliphatic heterocycles. The number of rotatable bonds is 9. The van der Waals surface area contributed by atoms with Crippen molar-refractivity contribution in [3.05, 3.63) is 93.6 Å². The zero-order chi connectivity index (χ0) is 24.9. The molecule has 0 aliphatic rings. The third-order valence-electron chi connectivity index (χ3n) is 4.86. The maximum absolute atomic E-state index is 12.7. The number of carbonyl (C=O) groups excluding carboxylic acids is 2. The van der Waals surface area contributed by atoms with Gasteiger partial charge in [0.15, 0.2) is 17.2 Å². The van der Waals surface area contributed by atoms with E-state index < -0.39 is 16.7 Å². The van der Waals surface area contributed by atoms with Crippen molar-refractivity contribution in [2.24, 2.45) is 7.05 Å². The monoisotopic (exact) mass is 479 g/mol. The van der Waals surface area contributed by atoms with Crippen molar-refractivity contribution in [1.29, 1.82) is 0 Å². The molecule has 0 aliphatic carbocycles. The molecule has 0 bridgehead atoms. The van der Waals surface area contributed by atoms with Crippen LogP contribution < -0.4 is 15.4 Å². The molecule has 12 nitrogen and oxygen atoms in total. The Kier molecular flexibility index (Phi) is 6.62. The van der Waals surface area contributed by atoms with Gasteiger partial charge >= 0.3 is 5.69 Å². The van der Waals surface area contributed by atoms with Gasteiger partial charge in [0, 0.05) is 19.3 Å². The van der Waals surface area contributed by atoms with Gasteiger partial charge in [-0.1, -0.05) is 6.07 Å². The molecule has 3 aromatic heterocycles. The molecule has 0 radical (unpaired) electrons. The normalized spacial score (nSPS) is 10.7. The molecule has 0 fully saturated rings. The van der Waals surface area contributed by atoms with Crippen molar-refractivity contribution < 1.29 is 28.1 Å². The molecule has 2 amide bonds. The standard InChI is InChI=1S/C23H21N5O7/c1-14-5-7-19(18(10-14)28(31)32)34-13-16-6-8-20(35-16)22(29)25-17-12-27(2)26-21(17)23(30)24-11-15-4-3-9-33-15/h3-10,12H,11,13H2,1-2H3,(H,24,30)(H,25,29). The molecule has 0 unspecified atom stereocenters. The summed E-state index contributed by atoms with van der Waals surface area (Å²) in [6.45, 7) is 1.78. The lowest BCUT2D eigenvalue weighted by atomic mass is 10.2. The quantitative estimate of drug-likeness (QED) is 0.273. The van der Waals surface area contributed by atoms with Crippen LogP contribution in [0.1, 0.15) is 38.1 Å². The maximum Gasteiger partial charge on any atom is 0.311 e. The van der Waals surface area contributed by atoms with Gasteiger partial charge in [-0.25, -0.2) is 0 Å². The van der Waals surface area contributed by atoms with Crippen LogP contribution >= 0.6 is 0 Å². The molecule has 1 aromatic carbocycles. The molecule has 0 atom stereocenters. The lowest BCUT2D eigenvalue weighted by molar-refractivity contribution is -0.386. The summed E-state index contributed by atoms with van der Waals surface area (Å²) in [6, 6.07) is 11.0. The Labute approximate surface area is 198 Å². The first kappa shape index (κ1) is 23.3. The average Bonchev–Trinajstić information content (AvgIpc) is 3.58. The molecular weight excluding hydrogens is 458 g/mol. The van der Waals surface area contributed by atoms with Crippen LogP contribution in [0.5, 0.6) is 5.75 Å². The van der Waals surface area contributed by atoms with E-state index in [1.165, 1.54) is 41.4 Å². The third kappa shape index (κ3) is 5.55. The third-order valence-corrected chi connectivity index (χ3v) is 4.86. The molecule has 4 aromatic rings. The number of nitrogens with zero attached hydrogens (tertiary/aromatic N) is 3. The highest BCUT2D eigenvalue weighted by atomic mass is 16.6. The largest absolute Gasteiger partial charge is 0.479 e. The highest BCUT2D eigenvalue weighted by molar-refractivity contribution is 6.07. The Balaban J connectivity index is 1.40. The maximum atomic E-state index is 12.7. The number of carbonyl (C=O) groups is 2. The van der Waals surface area contributed by atoms with E-state index in [9.17, 15) is 19.7 Å². The van der Waals surface area contributed by atoms with Gasteiger partial charge in [-0.05, 0) is 42.8 Å². The van der Waals surface area contributed by atoms with E-state index >= 15 is 0 Å². The molecule has 180 valence electrons. The number of nitrogens with one attached hydrogen (secondary N) is 2. The fraction of sp³-hybridized carbons (Fsp3) is 0.174. The van der Waals surface area contributed by atoms with Gasteiger partial charge in [0.2, 0.25) is 0 Å². The minimum Gasteiger partial charge on any atom is -0.479 e. The first-order valence-corrected chi connectivity index (χ1v) is 10.4. The van der Waals surface area contributed by atoms with Crippen LogP contribution in [-0.2, 0) is 20.2 Å². The van der Waals surface area contributed by atoms with E-state index in [2.05, 4.69) is 15.7 Å². The van der Waals surface area contributed by atoms with E-state index in [-0.39, 0.29) is 47.5 Å². The Bertz CT molecular complexity index is 1370. The number of benzene rings is 1. The summed E-state index contributed by atoms with van der Waals surface area (Å²) in [6.07, 6.45) is 2.99. The summed E-state index contributed by atoms with van der Waals surface area (Å²) < 4.78 is 17.6. The van der Waals surface area contributed by atoms with Crippen LogP contribution in [0.2, 0.25) is 0 Å². The molecule has 35 heavy (non-hydrogen) atoms. The smallest absolute Gasteiger partial charge is 0.311 e. The van der Waals surface area contributed by atoms with Gasteiger partial charge in [0.05, 0.1) is 23.4 Å².